The molecule has 21 heavy (non-hydrogen) atoms. The molecular formula is C16H24BrClN2O. The van der Waals surface area contributed by atoms with Gasteiger partial charge in [-0.3, -0.25) is 4.79 Å². The predicted molar refractivity (Wildman–Crippen MR) is 94.1 cm³/mol. The minimum atomic E-state index is 0. The Hall–Kier alpha value is -0.580. The maximum absolute atomic E-state index is 12.1. The van der Waals surface area contributed by atoms with Crippen LogP contribution < -0.4 is 10.6 Å². The molecule has 1 aromatic rings. The molecule has 1 fully saturated rings. The van der Waals surface area contributed by atoms with Gasteiger partial charge in [-0.15, -0.1) is 12.4 Å². The van der Waals surface area contributed by atoms with E-state index in [0.717, 1.165) is 28.8 Å². The molecule has 0 saturated carbocycles. The van der Waals surface area contributed by atoms with Gasteiger partial charge < -0.3 is 10.6 Å². The minimum Gasteiger partial charge on any atom is -0.326 e. The minimum absolute atomic E-state index is 0. The van der Waals surface area contributed by atoms with E-state index in [1.54, 1.807) is 0 Å². The Morgan fingerprint density at radius 2 is 2.10 bits per heavy atom. The Bertz CT molecular complexity index is 475. The summed E-state index contributed by atoms with van der Waals surface area (Å²) < 4.78 is 1.07. The van der Waals surface area contributed by atoms with Crippen LogP contribution in [0.4, 0.5) is 5.69 Å². The maximum Gasteiger partial charge on any atom is 0.224 e. The highest BCUT2D eigenvalue weighted by molar-refractivity contribution is 9.10. The average Bonchev–Trinajstić information content (AvgIpc) is 2.44. The molecule has 1 unspecified atom stereocenters. The predicted octanol–water partition coefficient (Wildman–Crippen LogP) is 4.14. The molecular weight excluding hydrogens is 352 g/mol. The van der Waals surface area contributed by atoms with E-state index in [0.29, 0.717) is 18.3 Å². The SMILES string of the molecule is Cc1cc(NC(=O)CC(C)C2CCNCC2)ccc1Br.Cl. The lowest BCUT2D eigenvalue weighted by atomic mass is 9.84. The van der Waals surface area contributed by atoms with Crippen molar-refractivity contribution in [2.45, 2.75) is 33.1 Å². The van der Waals surface area contributed by atoms with Gasteiger partial charge in [0.2, 0.25) is 5.91 Å². The van der Waals surface area contributed by atoms with Crippen molar-refractivity contribution < 1.29 is 4.79 Å². The molecule has 1 aromatic carbocycles. The molecule has 1 saturated heterocycles. The summed E-state index contributed by atoms with van der Waals surface area (Å²) >= 11 is 3.47. The van der Waals surface area contributed by atoms with Crippen molar-refractivity contribution >= 4 is 39.9 Å². The van der Waals surface area contributed by atoms with Gasteiger partial charge in [-0.05, 0) is 68.5 Å². The van der Waals surface area contributed by atoms with Crippen LogP contribution in [0.2, 0.25) is 0 Å². The maximum atomic E-state index is 12.1. The lowest BCUT2D eigenvalue weighted by Gasteiger charge is -2.27. The van der Waals surface area contributed by atoms with Gasteiger partial charge in [-0.25, -0.2) is 0 Å². The third-order valence-corrected chi connectivity index (χ3v) is 5.03. The fourth-order valence-corrected chi connectivity index (χ4v) is 3.05. The Morgan fingerprint density at radius 1 is 1.43 bits per heavy atom. The van der Waals surface area contributed by atoms with Crippen LogP contribution in [0.3, 0.4) is 0 Å². The fourth-order valence-electron chi connectivity index (χ4n) is 2.81. The van der Waals surface area contributed by atoms with Gasteiger partial charge in [0, 0.05) is 16.6 Å². The molecule has 0 aliphatic carbocycles. The van der Waals surface area contributed by atoms with Crippen molar-refractivity contribution in [3.05, 3.63) is 28.2 Å². The smallest absolute Gasteiger partial charge is 0.224 e. The topological polar surface area (TPSA) is 41.1 Å². The van der Waals surface area contributed by atoms with Crippen molar-refractivity contribution in [3.63, 3.8) is 0 Å². The molecule has 1 aliphatic rings. The van der Waals surface area contributed by atoms with Crippen LogP contribution in [0.5, 0.6) is 0 Å². The Morgan fingerprint density at radius 3 is 2.71 bits per heavy atom. The monoisotopic (exact) mass is 374 g/mol. The number of aryl methyl sites for hydroxylation is 1. The Kier molecular flexibility index (Phi) is 7.71. The summed E-state index contributed by atoms with van der Waals surface area (Å²) in [4.78, 5) is 12.1. The van der Waals surface area contributed by atoms with Gasteiger partial charge in [0.05, 0.1) is 0 Å². The van der Waals surface area contributed by atoms with Crippen molar-refractivity contribution in [2.75, 3.05) is 18.4 Å². The van der Waals surface area contributed by atoms with Crippen LogP contribution >= 0.6 is 28.3 Å². The average molecular weight is 376 g/mol. The number of nitrogens with one attached hydrogen (secondary N) is 2. The standard InChI is InChI=1S/C16H23BrN2O.ClH/c1-11(13-5-7-18-8-6-13)10-16(20)19-14-3-4-15(17)12(2)9-14;/h3-4,9,11,13,18H,5-8,10H2,1-2H3,(H,19,20);1H. The molecule has 1 heterocycles. The number of amides is 1. The number of halogens is 2. The van der Waals surface area contributed by atoms with E-state index in [4.69, 9.17) is 0 Å². The normalized spacial score (nSPS) is 16.9. The first-order chi connectivity index (χ1) is 9.56. The lowest BCUT2D eigenvalue weighted by molar-refractivity contribution is -0.117. The van der Waals surface area contributed by atoms with E-state index in [2.05, 4.69) is 33.5 Å². The number of carbonyl (C=O) groups excluding carboxylic acids is 1. The van der Waals surface area contributed by atoms with Crippen LogP contribution in [0.15, 0.2) is 22.7 Å². The zero-order chi connectivity index (χ0) is 14.5. The van der Waals surface area contributed by atoms with Gasteiger partial charge >= 0.3 is 0 Å². The summed E-state index contributed by atoms with van der Waals surface area (Å²) in [6.07, 6.45) is 2.98. The first-order valence-corrected chi connectivity index (χ1v) is 8.12. The van der Waals surface area contributed by atoms with E-state index in [9.17, 15) is 4.79 Å². The highest BCUT2D eigenvalue weighted by Crippen LogP contribution is 2.25. The fraction of sp³-hybridized carbons (Fsp3) is 0.562. The Balaban J connectivity index is 0.00000220. The van der Waals surface area contributed by atoms with Crippen molar-refractivity contribution in [3.8, 4) is 0 Å². The van der Waals surface area contributed by atoms with Crippen LogP contribution in [-0.4, -0.2) is 19.0 Å². The number of rotatable bonds is 4. The summed E-state index contributed by atoms with van der Waals surface area (Å²) in [6.45, 7) is 6.39. The van der Waals surface area contributed by atoms with E-state index in [1.807, 2.05) is 25.1 Å². The highest BCUT2D eigenvalue weighted by Gasteiger charge is 2.22. The van der Waals surface area contributed by atoms with Gasteiger partial charge in [0.1, 0.15) is 0 Å². The summed E-state index contributed by atoms with van der Waals surface area (Å²) in [7, 11) is 0. The quantitative estimate of drug-likeness (QED) is 0.830. The molecule has 118 valence electrons. The molecule has 3 nitrogen and oxygen atoms in total. The molecule has 0 radical (unpaired) electrons. The largest absolute Gasteiger partial charge is 0.326 e. The van der Waals surface area contributed by atoms with E-state index in [-0.39, 0.29) is 18.3 Å². The molecule has 1 amide bonds. The third-order valence-electron chi connectivity index (χ3n) is 4.14. The van der Waals surface area contributed by atoms with E-state index < -0.39 is 0 Å². The Labute approximate surface area is 141 Å². The second-order valence-electron chi connectivity index (χ2n) is 5.78. The van der Waals surface area contributed by atoms with Gasteiger partial charge in [-0.1, -0.05) is 22.9 Å². The summed E-state index contributed by atoms with van der Waals surface area (Å²) in [6, 6.07) is 5.91. The van der Waals surface area contributed by atoms with Crippen LogP contribution in [0.25, 0.3) is 0 Å². The summed E-state index contributed by atoms with van der Waals surface area (Å²) in [5.74, 6) is 1.25. The summed E-state index contributed by atoms with van der Waals surface area (Å²) in [5, 5.41) is 6.37. The van der Waals surface area contributed by atoms with Gasteiger partial charge in [-0.2, -0.15) is 0 Å². The zero-order valence-electron chi connectivity index (χ0n) is 12.6. The van der Waals surface area contributed by atoms with E-state index in [1.165, 1.54) is 12.8 Å². The first kappa shape index (κ1) is 18.5. The molecule has 1 aliphatic heterocycles. The second-order valence-corrected chi connectivity index (χ2v) is 6.64. The third kappa shape index (κ3) is 5.61. The number of carbonyl (C=O) groups is 1. The number of hydrogen-bond donors (Lipinski definition) is 2. The molecule has 0 spiro atoms. The van der Waals surface area contributed by atoms with Crippen LogP contribution in [0, 0.1) is 18.8 Å². The molecule has 5 heteroatoms. The van der Waals surface area contributed by atoms with Crippen LogP contribution in [0.1, 0.15) is 31.7 Å². The number of benzene rings is 1. The van der Waals surface area contributed by atoms with Gasteiger partial charge in [0.25, 0.3) is 0 Å². The lowest BCUT2D eigenvalue weighted by Crippen LogP contribution is -2.32. The van der Waals surface area contributed by atoms with E-state index >= 15 is 0 Å². The van der Waals surface area contributed by atoms with Crippen molar-refractivity contribution in [1.29, 1.82) is 0 Å². The molecule has 0 bridgehead atoms. The van der Waals surface area contributed by atoms with Crippen LogP contribution in [-0.2, 0) is 4.79 Å². The molecule has 1 atom stereocenters. The van der Waals surface area contributed by atoms with Crippen molar-refractivity contribution in [1.82, 2.24) is 5.32 Å². The number of anilines is 1. The molecule has 0 aromatic heterocycles. The summed E-state index contributed by atoms with van der Waals surface area (Å²) in [5.41, 5.74) is 2.02. The zero-order valence-corrected chi connectivity index (χ0v) is 15.0. The second kappa shape index (κ2) is 8.76. The number of piperidine rings is 1. The molecule has 2 rings (SSSR count). The van der Waals surface area contributed by atoms with Crippen molar-refractivity contribution in [2.24, 2.45) is 11.8 Å². The molecule has 2 N–H and O–H groups in total. The first-order valence-electron chi connectivity index (χ1n) is 7.33. The van der Waals surface area contributed by atoms with Gasteiger partial charge in [0.15, 0.2) is 0 Å². The number of hydrogen-bond acceptors (Lipinski definition) is 2. The highest BCUT2D eigenvalue weighted by atomic mass is 79.9.